The van der Waals surface area contributed by atoms with Crippen molar-refractivity contribution in [3.05, 3.63) is 101 Å². The van der Waals surface area contributed by atoms with Gasteiger partial charge in [-0.25, -0.2) is 4.98 Å². The number of aliphatic hydroxyl groups is 1. The van der Waals surface area contributed by atoms with Crippen LogP contribution < -0.4 is 10.5 Å². The Hall–Kier alpha value is -4.13. The number of nitrogens with one attached hydrogen (secondary N) is 1. The molecule has 0 spiro atoms. The number of aromatic amines is 1. The maximum Gasteiger partial charge on any atom is 0.419 e. The van der Waals surface area contributed by atoms with Gasteiger partial charge in [-0.2, -0.15) is 13.2 Å². The highest BCUT2D eigenvalue weighted by Gasteiger charge is 2.36. The fourth-order valence-corrected chi connectivity index (χ4v) is 3.60. The van der Waals surface area contributed by atoms with Gasteiger partial charge >= 0.3 is 6.18 Å². The van der Waals surface area contributed by atoms with E-state index in [9.17, 15) is 18.3 Å². The van der Waals surface area contributed by atoms with Crippen LogP contribution in [0.4, 0.5) is 19.0 Å². The van der Waals surface area contributed by atoms with Crippen molar-refractivity contribution in [2.45, 2.75) is 25.2 Å². The lowest BCUT2D eigenvalue weighted by molar-refractivity contribution is -0.139. The van der Waals surface area contributed by atoms with E-state index >= 15 is 0 Å². The third-order valence-electron chi connectivity index (χ3n) is 5.68. The molecule has 0 bridgehead atoms. The smallest absolute Gasteiger partial charge is 0.419 e. The Labute approximate surface area is 206 Å². The minimum Gasteiger partial charge on any atom is -0.488 e. The molecular formula is C27H23F3N4O2. The predicted octanol–water partition coefficient (Wildman–Crippen LogP) is 6.06. The standard InChI is InChI=1S/C27H23F3N4O2/c1-26(31,16-35)25-33-23(24(32-2)34-25)20-12-13-22(21(14-20)27(28,29)30)36-15-17-8-10-19(11-9-17)18-6-4-3-5-7-18/h3-14,35H,15-16,31H2,1H3,(H,33,34)/t26-/m0/s1. The average molecular weight is 493 g/mol. The molecule has 9 heteroatoms. The first-order chi connectivity index (χ1) is 17.1. The Morgan fingerprint density at radius 2 is 1.64 bits per heavy atom. The summed E-state index contributed by atoms with van der Waals surface area (Å²) in [5.74, 6) is -0.313. The number of H-pyrrole nitrogens is 1. The van der Waals surface area contributed by atoms with Gasteiger partial charge in [-0.05, 0) is 41.3 Å². The van der Waals surface area contributed by atoms with Gasteiger partial charge in [-0.1, -0.05) is 67.2 Å². The van der Waals surface area contributed by atoms with E-state index in [1.54, 1.807) is 0 Å². The second kappa shape index (κ2) is 9.85. The number of alkyl halides is 3. The maximum atomic E-state index is 13.9. The van der Waals surface area contributed by atoms with Gasteiger partial charge in [0.2, 0.25) is 0 Å². The van der Waals surface area contributed by atoms with Crippen LogP contribution in [0.5, 0.6) is 5.75 Å². The lowest BCUT2D eigenvalue weighted by Crippen LogP contribution is -2.38. The van der Waals surface area contributed by atoms with Crippen molar-refractivity contribution in [1.82, 2.24) is 9.97 Å². The van der Waals surface area contributed by atoms with Gasteiger partial charge in [-0.15, -0.1) is 0 Å². The molecule has 0 unspecified atom stereocenters. The Balaban J connectivity index is 1.60. The molecule has 0 radical (unpaired) electrons. The Bertz CT molecular complexity index is 1390. The molecule has 0 aliphatic carbocycles. The second-order valence-corrected chi connectivity index (χ2v) is 8.53. The van der Waals surface area contributed by atoms with E-state index in [1.165, 1.54) is 19.1 Å². The zero-order valence-electron chi connectivity index (χ0n) is 19.3. The van der Waals surface area contributed by atoms with Crippen molar-refractivity contribution in [2.75, 3.05) is 6.61 Å². The van der Waals surface area contributed by atoms with E-state index < -0.39 is 23.9 Å². The number of hydrogen-bond donors (Lipinski definition) is 3. The summed E-state index contributed by atoms with van der Waals surface area (Å²) in [6.45, 7) is 8.33. The summed E-state index contributed by atoms with van der Waals surface area (Å²) >= 11 is 0. The molecule has 36 heavy (non-hydrogen) atoms. The van der Waals surface area contributed by atoms with Gasteiger partial charge in [0.1, 0.15) is 17.9 Å². The molecule has 6 nitrogen and oxygen atoms in total. The van der Waals surface area contributed by atoms with Crippen molar-refractivity contribution in [1.29, 1.82) is 0 Å². The van der Waals surface area contributed by atoms with Crippen molar-refractivity contribution in [2.24, 2.45) is 5.73 Å². The van der Waals surface area contributed by atoms with Crippen LogP contribution in [0.1, 0.15) is 23.9 Å². The lowest BCUT2D eigenvalue weighted by Gasteiger charge is -2.16. The third kappa shape index (κ3) is 5.25. The summed E-state index contributed by atoms with van der Waals surface area (Å²) in [4.78, 5) is 10.2. The number of hydrogen-bond acceptors (Lipinski definition) is 4. The summed E-state index contributed by atoms with van der Waals surface area (Å²) < 4.78 is 47.3. The summed E-state index contributed by atoms with van der Waals surface area (Å²) in [7, 11) is 0. The molecule has 3 aromatic carbocycles. The number of imidazole rings is 1. The highest BCUT2D eigenvalue weighted by Crippen LogP contribution is 2.40. The second-order valence-electron chi connectivity index (χ2n) is 8.53. The van der Waals surface area contributed by atoms with Gasteiger partial charge in [0.25, 0.3) is 5.82 Å². The number of rotatable bonds is 7. The molecule has 4 N–H and O–H groups in total. The highest BCUT2D eigenvalue weighted by molar-refractivity contribution is 5.74. The number of aliphatic hydroxyl groups excluding tert-OH is 1. The quantitative estimate of drug-likeness (QED) is 0.274. The molecular weight excluding hydrogens is 469 g/mol. The van der Waals surface area contributed by atoms with Crippen LogP contribution in [0.3, 0.4) is 0 Å². The van der Waals surface area contributed by atoms with Crippen LogP contribution in [0.25, 0.3) is 27.2 Å². The zero-order valence-corrected chi connectivity index (χ0v) is 19.3. The Morgan fingerprint density at radius 1 is 1.00 bits per heavy atom. The number of nitrogens with zero attached hydrogens (tertiary/aromatic N) is 2. The van der Waals surface area contributed by atoms with Crippen LogP contribution in [-0.2, 0) is 18.3 Å². The van der Waals surface area contributed by atoms with Gasteiger partial charge in [0.05, 0.1) is 17.9 Å². The van der Waals surface area contributed by atoms with Gasteiger partial charge in [0, 0.05) is 0 Å². The molecule has 0 saturated heterocycles. The monoisotopic (exact) mass is 492 g/mol. The van der Waals surface area contributed by atoms with Crippen molar-refractivity contribution in [3.8, 4) is 28.1 Å². The molecule has 1 heterocycles. The fraction of sp³-hybridized carbons (Fsp3) is 0.185. The van der Waals surface area contributed by atoms with E-state index in [0.717, 1.165) is 17.2 Å². The topological polar surface area (TPSA) is 88.5 Å². The fourth-order valence-electron chi connectivity index (χ4n) is 3.60. The van der Waals surface area contributed by atoms with Gasteiger partial charge < -0.3 is 20.4 Å². The van der Waals surface area contributed by atoms with Crippen molar-refractivity contribution in [3.63, 3.8) is 0 Å². The van der Waals surface area contributed by atoms with Crippen molar-refractivity contribution < 1.29 is 23.0 Å². The lowest BCUT2D eigenvalue weighted by atomic mass is 10.0. The molecule has 0 aliphatic heterocycles. The van der Waals surface area contributed by atoms with Crippen LogP contribution in [0.2, 0.25) is 0 Å². The first-order valence-electron chi connectivity index (χ1n) is 11.0. The van der Waals surface area contributed by atoms with E-state index in [0.29, 0.717) is 5.56 Å². The average Bonchev–Trinajstić information content (AvgIpc) is 3.33. The first kappa shape index (κ1) is 25.0. The third-order valence-corrected chi connectivity index (χ3v) is 5.68. The molecule has 4 aromatic rings. The molecule has 0 aliphatic rings. The molecule has 4 rings (SSSR count). The number of halogens is 3. The SMILES string of the molecule is [C-]#[N+]c1[nH]c([C@@](C)(N)CO)nc1-c1ccc(OCc2ccc(-c3ccccc3)cc2)c(C(F)(F)F)c1. The molecule has 0 saturated carbocycles. The van der Waals surface area contributed by atoms with Crippen LogP contribution in [-0.4, -0.2) is 21.7 Å². The van der Waals surface area contributed by atoms with E-state index in [-0.39, 0.29) is 35.3 Å². The normalized spacial score (nSPS) is 13.1. The van der Waals surface area contributed by atoms with Crippen LogP contribution in [0, 0.1) is 6.57 Å². The minimum absolute atomic E-state index is 0.0127. The molecule has 1 aromatic heterocycles. The van der Waals surface area contributed by atoms with Gasteiger partial charge in [-0.3, -0.25) is 4.98 Å². The zero-order chi connectivity index (χ0) is 25.9. The number of benzene rings is 3. The Morgan fingerprint density at radius 3 is 2.25 bits per heavy atom. The van der Waals surface area contributed by atoms with E-state index in [2.05, 4.69) is 14.8 Å². The number of ether oxygens (including phenoxy) is 1. The van der Waals surface area contributed by atoms with E-state index in [4.69, 9.17) is 17.0 Å². The summed E-state index contributed by atoms with van der Waals surface area (Å²) in [5.41, 5.74) is 6.52. The number of nitrogens with two attached hydrogens (primary N) is 1. The minimum atomic E-state index is -4.70. The summed E-state index contributed by atoms with van der Waals surface area (Å²) in [5, 5.41) is 9.48. The first-order valence-corrected chi connectivity index (χ1v) is 11.0. The highest BCUT2D eigenvalue weighted by atomic mass is 19.4. The molecule has 1 atom stereocenters. The van der Waals surface area contributed by atoms with Crippen LogP contribution >= 0.6 is 0 Å². The summed E-state index contributed by atoms with van der Waals surface area (Å²) in [6, 6.07) is 20.6. The van der Waals surface area contributed by atoms with Crippen LogP contribution in [0.15, 0.2) is 72.8 Å². The molecule has 0 amide bonds. The number of aromatic nitrogens is 2. The molecule has 0 fully saturated rings. The largest absolute Gasteiger partial charge is 0.488 e. The van der Waals surface area contributed by atoms with Gasteiger partial charge in [0.15, 0.2) is 5.82 Å². The van der Waals surface area contributed by atoms with Crippen molar-refractivity contribution >= 4 is 5.82 Å². The summed E-state index contributed by atoms with van der Waals surface area (Å²) in [6.07, 6.45) is -4.70. The maximum absolute atomic E-state index is 13.9. The Kier molecular flexibility index (Phi) is 6.84. The molecule has 184 valence electrons. The van der Waals surface area contributed by atoms with E-state index in [1.807, 2.05) is 54.6 Å². The predicted molar refractivity (Wildman–Crippen MR) is 130 cm³/mol.